The fraction of sp³-hybridized carbons (Fsp3) is 0.345. The number of carbonyl (C=O) groups excluding carboxylic acids is 1. The van der Waals surface area contributed by atoms with E-state index in [1.165, 1.54) is 10.4 Å². The van der Waals surface area contributed by atoms with Crippen LogP contribution in [0.15, 0.2) is 91.0 Å². The van der Waals surface area contributed by atoms with Gasteiger partial charge in [-0.05, 0) is 33.8 Å². The Balaban J connectivity index is 1.61. The fourth-order valence-corrected chi connectivity index (χ4v) is 9.88. The Morgan fingerprint density at radius 2 is 1.40 bits per heavy atom. The molecule has 1 aliphatic rings. The summed E-state index contributed by atoms with van der Waals surface area (Å²) in [5, 5.41) is 5.34. The van der Waals surface area contributed by atoms with Crippen LogP contribution in [0.1, 0.15) is 39.2 Å². The molecule has 0 saturated heterocycles. The van der Waals surface area contributed by atoms with Gasteiger partial charge in [0.15, 0.2) is 0 Å². The van der Waals surface area contributed by atoms with Crippen molar-refractivity contribution >= 4 is 24.8 Å². The number of benzene rings is 3. The summed E-state index contributed by atoms with van der Waals surface area (Å²) < 4.78 is 12.8. The maximum Gasteiger partial charge on any atom is 0.407 e. The number of hydrogen-bond donors (Lipinski definition) is 2. The number of hydrogen-bond acceptors (Lipinski definition) is 4. The first-order chi connectivity index (χ1) is 16.8. The minimum absolute atomic E-state index is 0.0439. The van der Waals surface area contributed by atoms with E-state index in [9.17, 15) is 4.79 Å². The van der Waals surface area contributed by atoms with Gasteiger partial charge in [0.2, 0.25) is 0 Å². The quantitative estimate of drug-likeness (QED) is 0.485. The molecular formula is C29H36N2O3Si. The van der Waals surface area contributed by atoms with Crippen molar-refractivity contribution in [3.05, 3.63) is 96.6 Å². The third-order valence-electron chi connectivity index (χ3n) is 6.80. The molecule has 1 amide bonds. The molecule has 0 spiro atoms. The molecule has 35 heavy (non-hydrogen) atoms. The normalized spacial score (nSPS) is 20.4. The predicted molar refractivity (Wildman–Crippen MR) is 143 cm³/mol. The summed E-state index contributed by atoms with van der Waals surface area (Å²) >= 11 is 0. The molecule has 1 saturated carbocycles. The number of carbonyl (C=O) groups is 1. The average Bonchev–Trinajstić information content (AvgIpc) is 3.20. The second-order valence-corrected chi connectivity index (χ2v) is 14.6. The van der Waals surface area contributed by atoms with Gasteiger partial charge in [0.05, 0.1) is 12.1 Å². The Bertz CT molecular complexity index is 1050. The summed E-state index contributed by atoms with van der Waals surface area (Å²) in [6.07, 6.45) is 0.696. The zero-order chi connectivity index (χ0) is 24.9. The molecule has 3 unspecified atom stereocenters. The molecule has 4 rings (SSSR count). The lowest BCUT2D eigenvalue weighted by molar-refractivity contribution is 0.118. The molecule has 1 fully saturated rings. The minimum atomic E-state index is -2.76. The fourth-order valence-electron chi connectivity index (χ4n) is 5.15. The maximum absolute atomic E-state index is 12.7. The van der Waals surface area contributed by atoms with Crippen molar-refractivity contribution < 1.29 is 14.0 Å². The summed E-state index contributed by atoms with van der Waals surface area (Å²) in [6.45, 7) is 6.99. The summed E-state index contributed by atoms with van der Waals surface area (Å²) in [4.78, 5) is 12.7. The monoisotopic (exact) mass is 488 g/mol. The number of nitrogens with one attached hydrogen (secondary N) is 1. The summed E-state index contributed by atoms with van der Waals surface area (Å²) in [7, 11) is -2.76. The van der Waals surface area contributed by atoms with Gasteiger partial charge >= 0.3 is 6.09 Å². The lowest BCUT2D eigenvalue weighted by Crippen LogP contribution is -2.68. The van der Waals surface area contributed by atoms with Crippen molar-refractivity contribution in [3.63, 3.8) is 0 Å². The highest BCUT2D eigenvalue weighted by molar-refractivity contribution is 6.99. The molecule has 3 aromatic carbocycles. The van der Waals surface area contributed by atoms with E-state index in [-0.39, 0.29) is 29.8 Å². The van der Waals surface area contributed by atoms with Gasteiger partial charge in [-0.3, -0.25) is 0 Å². The molecular weight excluding hydrogens is 452 g/mol. The van der Waals surface area contributed by atoms with Crippen LogP contribution in [0.2, 0.25) is 5.04 Å². The van der Waals surface area contributed by atoms with Crippen molar-refractivity contribution in [1.82, 2.24) is 5.32 Å². The smallest absolute Gasteiger partial charge is 0.407 e. The van der Waals surface area contributed by atoms with Crippen LogP contribution in [0, 0.1) is 0 Å². The van der Waals surface area contributed by atoms with E-state index in [2.05, 4.69) is 74.6 Å². The molecule has 0 aromatic heterocycles. The zero-order valence-electron chi connectivity index (χ0n) is 20.8. The Labute approximate surface area is 209 Å². The first-order valence-electron chi connectivity index (χ1n) is 12.3. The summed E-state index contributed by atoms with van der Waals surface area (Å²) in [6, 6.07) is 30.5. The SMILES string of the molecule is CC(C)(C)[Si](OC1CC(N)CC1NC(=O)OCc1ccccc1)(c1ccccc1)c1ccccc1. The molecule has 0 heterocycles. The Kier molecular flexibility index (Phi) is 7.74. The standard InChI is InChI=1S/C29H36N2O3Si/c1-29(2,3)35(24-15-9-5-10-16-24,25-17-11-6-12-18-25)34-27-20-23(30)19-26(27)31-28(32)33-21-22-13-7-4-8-14-22/h4-18,23,26-27H,19-21,30H2,1-3H3,(H,31,32). The van der Waals surface area contributed by atoms with Crippen LogP contribution in [0.5, 0.6) is 0 Å². The van der Waals surface area contributed by atoms with Crippen LogP contribution in [0.3, 0.4) is 0 Å². The average molecular weight is 489 g/mol. The van der Waals surface area contributed by atoms with E-state index in [1.54, 1.807) is 0 Å². The number of rotatable bonds is 7. The number of amides is 1. The van der Waals surface area contributed by atoms with E-state index >= 15 is 0 Å². The van der Waals surface area contributed by atoms with E-state index in [1.807, 2.05) is 42.5 Å². The van der Waals surface area contributed by atoms with Gasteiger partial charge in [-0.2, -0.15) is 0 Å². The van der Waals surface area contributed by atoms with Gasteiger partial charge in [-0.15, -0.1) is 0 Å². The number of alkyl carbamates (subject to hydrolysis) is 1. The first kappa shape index (κ1) is 25.2. The minimum Gasteiger partial charge on any atom is -0.445 e. The van der Waals surface area contributed by atoms with E-state index in [0.29, 0.717) is 12.8 Å². The van der Waals surface area contributed by atoms with Crippen molar-refractivity contribution in [2.45, 2.75) is 63.4 Å². The van der Waals surface area contributed by atoms with Gasteiger partial charge in [-0.25, -0.2) is 4.79 Å². The van der Waals surface area contributed by atoms with Gasteiger partial charge in [0.1, 0.15) is 6.61 Å². The lowest BCUT2D eigenvalue weighted by Gasteiger charge is -2.45. The molecule has 6 heteroatoms. The molecule has 3 atom stereocenters. The Morgan fingerprint density at radius 1 is 0.886 bits per heavy atom. The molecule has 5 nitrogen and oxygen atoms in total. The van der Waals surface area contributed by atoms with E-state index in [0.717, 1.165) is 5.56 Å². The molecule has 0 radical (unpaired) electrons. The molecule has 3 N–H and O–H groups in total. The molecule has 3 aromatic rings. The van der Waals surface area contributed by atoms with Crippen LogP contribution in [-0.2, 0) is 15.8 Å². The van der Waals surface area contributed by atoms with Crippen LogP contribution >= 0.6 is 0 Å². The van der Waals surface area contributed by atoms with Crippen molar-refractivity contribution in [2.75, 3.05) is 0 Å². The molecule has 184 valence electrons. The van der Waals surface area contributed by atoms with Gasteiger partial charge in [0.25, 0.3) is 8.32 Å². The second kappa shape index (κ2) is 10.8. The summed E-state index contributed by atoms with van der Waals surface area (Å²) in [5.74, 6) is 0. The third kappa shape index (κ3) is 5.67. The van der Waals surface area contributed by atoms with Crippen molar-refractivity contribution in [2.24, 2.45) is 5.73 Å². The van der Waals surface area contributed by atoms with Crippen molar-refractivity contribution in [3.8, 4) is 0 Å². The predicted octanol–water partition coefficient (Wildman–Crippen LogP) is 4.35. The highest BCUT2D eigenvalue weighted by atomic mass is 28.4. The van der Waals surface area contributed by atoms with Gasteiger partial charge < -0.3 is 20.2 Å². The topological polar surface area (TPSA) is 73.6 Å². The van der Waals surface area contributed by atoms with E-state index < -0.39 is 14.4 Å². The van der Waals surface area contributed by atoms with E-state index in [4.69, 9.17) is 14.9 Å². The largest absolute Gasteiger partial charge is 0.445 e. The van der Waals surface area contributed by atoms with Gasteiger partial charge in [-0.1, -0.05) is 112 Å². The lowest BCUT2D eigenvalue weighted by atomic mass is 10.2. The molecule has 0 aliphatic heterocycles. The summed E-state index contributed by atoms with van der Waals surface area (Å²) in [5.41, 5.74) is 7.35. The Morgan fingerprint density at radius 3 is 1.91 bits per heavy atom. The first-order valence-corrected chi connectivity index (χ1v) is 14.2. The highest BCUT2D eigenvalue weighted by Gasteiger charge is 2.53. The number of ether oxygens (including phenoxy) is 1. The Hall–Kier alpha value is -2.93. The molecule has 0 bridgehead atoms. The van der Waals surface area contributed by atoms with Crippen LogP contribution in [0.25, 0.3) is 0 Å². The van der Waals surface area contributed by atoms with Crippen molar-refractivity contribution in [1.29, 1.82) is 0 Å². The maximum atomic E-state index is 12.7. The van der Waals surface area contributed by atoms with Crippen LogP contribution < -0.4 is 21.4 Å². The van der Waals surface area contributed by atoms with Crippen LogP contribution in [0.4, 0.5) is 4.79 Å². The second-order valence-electron chi connectivity index (χ2n) is 10.4. The van der Waals surface area contributed by atoms with Gasteiger partial charge in [0, 0.05) is 6.04 Å². The van der Waals surface area contributed by atoms with Crippen LogP contribution in [-0.4, -0.2) is 32.6 Å². The third-order valence-corrected chi connectivity index (χ3v) is 11.9. The molecule has 1 aliphatic carbocycles. The number of nitrogens with two attached hydrogens (primary N) is 1. The zero-order valence-corrected chi connectivity index (χ0v) is 21.8. The highest BCUT2D eigenvalue weighted by Crippen LogP contribution is 2.39.